The maximum atomic E-state index is 11.2. The van der Waals surface area contributed by atoms with E-state index in [1.807, 2.05) is 0 Å². The SMILES string of the molecule is COC(=O)c1cc(C#CCCl)cnc1Cl. The van der Waals surface area contributed by atoms with Crippen LogP contribution in [0.1, 0.15) is 15.9 Å². The fraction of sp³-hybridized carbons (Fsp3) is 0.200. The van der Waals surface area contributed by atoms with Crippen LogP contribution < -0.4 is 0 Å². The van der Waals surface area contributed by atoms with E-state index in [1.165, 1.54) is 19.4 Å². The molecule has 78 valence electrons. The summed E-state index contributed by atoms with van der Waals surface area (Å²) in [6, 6.07) is 1.51. The molecule has 3 nitrogen and oxygen atoms in total. The van der Waals surface area contributed by atoms with Crippen molar-refractivity contribution in [2.45, 2.75) is 0 Å². The van der Waals surface area contributed by atoms with Crippen LogP contribution in [0.4, 0.5) is 0 Å². The van der Waals surface area contributed by atoms with E-state index < -0.39 is 5.97 Å². The number of pyridine rings is 1. The second-order valence-electron chi connectivity index (χ2n) is 2.49. The summed E-state index contributed by atoms with van der Waals surface area (Å²) in [5.41, 5.74) is 0.765. The Morgan fingerprint density at radius 3 is 3.00 bits per heavy atom. The van der Waals surface area contributed by atoms with Crippen molar-refractivity contribution >= 4 is 29.2 Å². The Labute approximate surface area is 97.4 Å². The molecule has 0 aliphatic rings. The number of rotatable bonds is 1. The summed E-state index contributed by atoms with van der Waals surface area (Å²) < 4.78 is 4.54. The number of carbonyl (C=O) groups is 1. The molecular weight excluding hydrogens is 237 g/mol. The molecule has 0 atom stereocenters. The number of esters is 1. The van der Waals surface area contributed by atoms with Gasteiger partial charge in [-0.25, -0.2) is 9.78 Å². The molecule has 0 amide bonds. The first kappa shape index (κ1) is 11.8. The molecule has 1 aromatic rings. The first-order valence-electron chi connectivity index (χ1n) is 3.97. The van der Waals surface area contributed by atoms with E-state index in [2.05, 4.69) is 21.6 Å². The molecule has 0 spiro atoms. The molecule has 15 heavy (non-hydrogen) atoms. The first-order valence-corrected chi connectivity index (χ1v) is 4.89. The predicted octanol–water partition coefficient (Wildman–Crippen LogP) is 2.11. The summed E-state index contributed by atoms with van der Waals surface area (Å²) in [6.45, 7) is 0. The summed E-state index contributed by atoms with van der Waals surface area (Å²) in [4.78, 5) is 15.1. The molecule has 1 heterocycles. The Kier molecular flexibility index (Phi) is 4.41. The monoisotopic (exact) mass is 243 g/mol. The van der Waals surface area contributed by atoms with Crippen LogP contribution in [-0.4, -0.2) is 23.9 Å². The van der Waals surface area contributed by atoms with Crippen LogP contribution in [0.25, 0.3) is 0 Å². The molecule has 1 rings (SSSR count). The quantitative estimate of drug-likeness (QED) is 0.328. The van der Waals surface area contributed by atoms with Gasteiger partial charge in [-0.15, -0.1) is 11.6 Å². The van der Waals surface area contributed by atoms with Gasteiger partial charge in [0.2, 0.25) is 0 Å². The smallest absolute Gasteiger partial charge is 0.341 e. The van der Waals surface area contributed by atoms with E-state index in [4.69, 9.17) is 23.2 Å². The highest BCUT2D eigenvalue weighted by Crippen LogP contribution is 2.14. The van der Waals surface area contributed by atoms with Crippen molar-refractivity contribution in [3.05, 3.63) is 28.5 Å². The highest BCUT2D eigenvalue weighted by atomic mass is 35.5. The molecule has 0 aliphatic heterocycles. The average Bonchev–Trinajstić information content (AvgIpc) is 2.27. The topological polar surface area (TPSA) is 39.2 Å². The Morgan fingerprint density at radius 1 is 1.67 bits per heavy atom. The third kappa shape index (κ3) is 3.12. The van der Waals surface area contributed by atoms with E-state index in [0.29, 0.717) is 5.56 Å². The fourth-order valence-electron chi connectivity index (χ4n) is 0.905. The van der Waals surface area contributed by atoms with Crippen molar-refractivity contribution in [2.24, 2.45) is 0 Å². The van der Waals surface area contributed by atoms with Gasteiger partial charge >= 0.3 is 5.97 Å². The van der Waals surface area contributed by atoms with Crippen molar-refractivity contribution < 1.29 is 9.53 Å². The number of hydrogen-bond acceptors (Lipinski definition) is 3. The van der Waals surface area contributed by atoms with Gasteiger partial charge in [0.1, 0.15) is 5.15 Å². The lowest BCUT2D eigenvalue weighted by Gasteiger charge is -2.01. The average molecular weight is 244 g/mol. The molecule has 1 aromatic heterocycles. The molecule has 0 aliphatic carbocycles. The third-order valence-electron chi connectivity index (χ3n) is 1.54. The molecule has 0 saturated heterocycles. The summed E-state index contributed by atoms with van der Waals surface area (Å²) in [7, 11) is 1.27. The largest absolute Gasteiger partial charge is 0.465 e. The van der Waals surface area contributed by atoms with Crippen LogP contribution in [0.15, 0.2) is 12.3 Å². The van der Waals surface area contributed by atoms with E-state index >= 15 is 0 Å². The van der Waals surface area contributed by atoms with Gasteiger partial charge in [-0.1, -0.05) is 23.4 Å². The number of aromatic nitrogens is 1. The zero-order chi connectivity index (χ0) is 11.3. The van der Waals surface area contributed by atoms with Gasteiger partial charge in [0.25, 0.3) is 0 Å². The first-order chi connectivity index (χ1) is 7.19. The third-order valence-corrected chi connectivity index (χ3v) is 1.98. The summed E-state index contributed by atoms with van der Waals surface area (Å²) in [5.74, 6) is 5.06. The lowest BCUT2D eigenvalue weighted by Crippen LogP contribution is -2.03. The number of halogens is 2. The van der Waals surface area contributed by atoms with Gasteiger partial charge < -0.3 is 4.74 Å². The fourth-order valence-corrected chi connectivity index (χ4v) is 1.15. The lowest BCUT2D eigenvalue weighted by molar-refractivity contribution is 0.0600. The van der Waals surface area contributed by atoms with E-state index in [0.717, 1.165) is 0 Å². The van der Waals surface area contributed by atoms with Crippen molar-refractivity contribution in [3.8, 4) is 11.8 Å². The van der Waals surface area contributed by atoms with Crippen molar-refractivity contribution in [3.63, 3.8) is 0 Å². The maximum Gasteiger partial charge on any atom is 0.341 e. The number of carbonyl (C=O) groups excluding carboxylic acids is 1. The van der Waals surface area contributed by atoms with Crippen molar-refractivity contribution in [1.29, 1.82) is 0 Å². The van der Waals surface area contributed by atoms with Crippen LogP contribution in [0.5, 0.6) is 0 Å². The van der Waals surface area contributed by atoms with Crippen LogP contribution >= 0.6 is 23.2 Å². The van der Waals surface area contributed by atoms with Gasteiger partial charge in [-0.05, 0) is 6.07 Å². The number of methoxy groups -OCH3 is 1. The van der Waals surface area contributed by atoms with E-state index in [-0.39, 0.29) is 16.6 Å². The Balaban J connectivity index is 3.10. The highest BCUT2D eigenvalue weighted by molar-refractivity contribution is 6.32. The summed E-state index contributed by atoms with van der Waals surface area (Å²) >= 11 is 11.1. The van der Waals surface area contributed by atoms with Crippen LogP contribution in [0.3, 0.4) is 0 Å². The van der Waals surface area contributed by atoms with E-state index in [9.17, 15) is 4.79 Å². The number of nitrogens with zero attached hydrogens (tertiary/aromatic N) is 1. The maximum absolute atomic E-state index is 11.2. The van der Waals surface area contributed by atoms with Crippen molar-refractivity contribution in [1.82, 2.24) is 4.98 Å². The molecule has 0 saturated carbocycles. The molecule has 5 heteroatoms. The molecule has 0 radical (unpaired) electrons. The van der Waals surface area contributed by atoms with Gasteiger partial charge in [-0.3, -0.25) is 0 Å². The standard InChI is InChI=1S/C10H7Cl2NO2/c1-15-10(14)8-5-7(3-2-4-11)6-13-9(8)12/h5-6H,4H2,1H3. The Morgan fingerprint density at radius 2 is 2.40 bits per heavy atom. The molecule has 0 bridgehead atoms. The van der Waals surface area contributed by atoms with Gasteiger partial charge in [0.15, 0.2) is 0 Å². The van der Waals surface area contributed by atoms with Gasteiger partial charge in [0, 0.05) is 11.8 Å². The minimum Gasteiger partial charge on any atom is -0.465 e. The highest BCUT2D eigenvalue weighted by Gasteiger charge is 2.11. The minimum atomic E-state index is -0.540. The van der Waals surface area contributed by atoms with E-state index in [1.54, 1.807) is 0 Å². The van der Waals surface area contributed by atoms with Crippen LogP contribution in [0.2, 0.25) is 5.15 Å². The number of hydrogen-bond donors (Lipinski definition) is 0. The zero-order valence-electron chi connectivity index (χ0n) is 7.88. The molecular formula is C10H7Cl2NO2. The second-order valence-corrected chi connectivity index (χ2v) is 3.11. The Hall–Kier alpha value is -1.24. The van der Waals surface area contributed by atoms with Gasteiger partial charge in [0.05, 0.1) is 18.6 Å². The molecule has 0 fully saturated rings. The van der Waals surface area contributed by atoms with Crippen molar-refractivity contribution in [2.75, 3.05) is 13.0 Å². The molecule has 0 aromatic carbocycles. The Bertz CT molecular complexity index is 435. The molecule has 0 N–H and O–H groups in total. The zero-order valence-corrected chi connectivity index (χ0v) is 9.39. The second kappa shape index (κ2) is 5.59. The normalized spacial score (nSPS) is 9.00. The van der Waals surface area contributed by atoms with Gasteiger partial charge in [-0.2, -0.15) is 0 Å². The number of ether oxygens (including phenoxy) is 1. The summed E-state index contributed by atoms with van der Waals surface area (Å²) in [6.07, 6.45) is 1.47. The minimum absolute atomic E-state index is 0.0956. The van der Waals surface area contributed by atoms with Crippen LogP contribution in [0, 0.1) is 11.8 Å². The lowest BCUT2D eigenvalue weighted by atomic mass is 10.2. The molecule has 0 unspecified atom stereocenters. The predicted molar refractivity (Wildman–Crippen MR) is 58.2 cm³/mol. The number of alkyl halides is 1. The van der Waals surface area contributed by atoms with Crippen LogP contribution in [-0.2, 0) is 4.74 Å². The summed E-state index contributed by atoms with van der Waals surface area (Å²) in [5, 5.41) is 0.0956.